The Hall–Kier alpha value is -2.00. The minimum absolute atomic E-state index is 0.0176. The van der Waals surface area contributed by atoms with E-state index in [0.717, 1.165) is 31.1 Å². The molecule has 130 valence electrons. The van der Waals surface area contributed by atoms with Crippen molar-refractivity contribution >= 4 is 32.7 Å². The van der Waals surface area contributed by atoms with Gasteiger partial charge in [-0.2, -0.15) is 4.98 Å². The molecule has 0 bridgehead atoms. The fraction of sp³-hybridized carbons (Fsp3) is 0.600. The lowest BCUT2D eigenvalue weighted by Crippen LogP contribution is -2.36. The average molecular weight is 351 g/mol. The maximum absolute atomic E-state index is 12.6. The lowest BCUT2D eigenvalue weighted by atomic mass is 10.3. The van der Waals surface area contributed by atoms with Gasteiger partial charge in [-0.3, -0.25) is 14.2 Å². The smallest absolute Gasteiger partial charge is 0.273 e. The standard InChI is InChI=1S/C15H21N5O3S/c1-2-3-4-16-11(21)9-20-10-17-13-12(14(20)22)24-15(18-13)19-5-7-23-8-6-19/h10H,2-9H2,1H3,(H,16,21). The van der Waals surface area contributed by atoms with Crippen LogP contribution in [-0.4, -0.2) is 53.3 Å². The Balaban J connectivity index is 1.77. The first-order valence-electron chi connectivity index (χ1n) is 8.14. The molecule has 1 saturated heterocycles. The molecule has 1 aliphatic rings. The van der Waals surface area contributed by atoms with Crippen LogP contribution in [0.4, 0.5) is 5.13 Å². The maximum atomic E-state index is 12.6. The molecule has 1 aliphatic heterocycles. The predicted molar refractivity (Wildman–Crippen MR) is 92.6 cm³/mol. The minimum atomic E-state index is -0.220. The van der Waals surface area contributed by atoms with Crippen molar-refractivity contribution in [3.05, 3.63) is 16.7 Å². The van der Waals surface area contributed by atoms with Crippen LogP contribution in [0.15, 0.2) is 11.1 Å². The molecule has 3 rings (SSSR count). The van der Waals surface area contributed by atoms with Crippen LogP contribution in [0.5, 0.6) is 0 Å². The van der Waals surface area contributed by atoms with Gasteiger partial charge in [0.2, 0.25) is 5.91 Å². The van der Waals surface area contributed by atoms with Gasteiger partial charge in [0.1, 0.15) is 17.6 Å². The number of amides is 1. The van der Waals surface area contributed by atoms with E-state index in [1.165, 1.54) is 22.2 Å². The molecule has 2 aromatic heterocycles. The quantitative estimate of drug-likeness (QED) is 0.767. The zero-order valence-corrected chi connectivity index (χ0v) is 14.5. The minimum Gasteiger partial charge on any atom is -0.378 e. The summed E-state index contributed by atoms with van der Waals surface area (Å²) in [5, 5.41) is 3.58. The molecule has 1 N–H and O–H groups in total. The van der Waals surface area contributed by atoms with E-state index in [-0.39, 0.29) is 18.0 Å². The van der Waals surface area contributed by atoms with Gasteiger partial charge in [-0.1, -0.05) is 24.7 Å². The Bertz CT molecular complexity index is 766. The third-order valence-corrected chi connectivity index (χ3v) is 4.91. The SMILES string of the molecule is CCCCNC(=O)Cn1cnc2nc(N3CCOCC3)sc2c1=O. The Morgan fingerprint density at radius 2 is 2.21 bits per heavy atom. The molecule has 24 heavy (non-hydrogen) atoms. The number of carbonyl (C=O) groups excluding carboxylic acids is 1. The number of carbonyl (C=O) groups is 1. The number of rotatable bonds is 6. The fourth-order valence-electron chi connectivity index (χ4n) is 2.45. The van der Waals surface area contributed by atoms with Crippen molar-refractivity contribution in [2.75, 3.05) is 37.7 Å². The first kappa shape index (κ1) is 16.8. The highest BCUT2D eigenvalue weighted by atomic mass is 32.1. The topological polar surface area (TPSA) is 89.3 Å². The van der Waals surface area contributed by atoms with Crippen LogP contribution in [0.25, 0.3) is 10.3 Å². The molecule has 0 aromatic carbocycles. The number of thiazole rings is 1. The van der Waals surface area contributed by atoms with E-state index >= 15 is 0 Å². The lowest BCUT2D eigenvalue weighted by Gasteiger charge is -2.25. The van der Waals surface area contributed by atoms with Crippen molar-refractivity contribution in [1.82, 2.24) is 19.9 Å². The first-order valence-corrected chi connectivity index (χ1v) is 8.96. The first-order chi connectivity index (χ1) is 11.7. The molecular formula is C15H21N5O3S. The van der Waals surface area contributed by atoms with Gasteiger partial charge in [0.25, 0.3) is 5.56 Å². The van der Waals surface area contributed by atoms with Crippen molar-refractivity contribution in [2.24, 2.45) is 0 Å². The summed E-state index contributed by atoms with van der Waals surface area (Å²) in [5.74, 6) is -0.176. The molecule has 0 unspecified atom stereocenters. The summed E-state index contributed by atoms with van der Waals surface area (Å²) in [4.78, 5) is 35.2. The van der Waals surface area contributed by atoms with E-state index in [1.807, 2.05) is 0 Å². The van der Waals surface area contributed by atoms with Crippen LogP contribution < -0.4 is 15.8 Å². The molecule has 0 aliphatic carbocycles. The van der Waals surface area contributed by atoms with Crippen molar-refractivity contribution < 1.29 is 9.53 Å². The Labute approximate surface area is 143 Å². The lowest BCUT2D eigenvalue weighted by molar-refractivity contribution is -0.121. The normalized spacial score (nSPS) is 15.0. The van der Waals surface area contributed by atoms with Gasteiger partial charge in [0.05, 0.1) is 13.2 Å². The highest BCUT2D eigenvalue weighted by Crippen LogP contribution is 2.25. The number of unbranched alkanes of at least 4 members (excludes halogenated alkanes) is 1. The van der Waals surface area contributed by atoms with Gasteiger partial charge in [0.15, 0.2) is 10.8 Å². The summed E-state index contributed by atoms with van der Waals surface area (Å²) in [6.07, 6.45) is 3.33. The summed E-state index contributed by atoms with van der Waals surface area (Å²) in [7, 11) is 0. The predicted octanol–water partition coefficient (Wildman–Crippen LogP) is 0.606. The molecule has 0 radical (unpaired) electrons. The number of aromatic nitrogens is 3. The molecule has 9 heteroatoms. The summed E-state index contributed by atoms with van der Waals surface area (Å²) < 4.78 is 7.16. The number of anilines is 1. The molecule has 0 saturated carbocycles. The largest absolute Gasteiger partial charge is 0.378 e. The van der Waals surface area contributed by atoms with Gasteiger partial charge >= 0.3 is 0 Å². The van der Waals surface area contributed by atoms with E-state index in [2.05, 4.69) is 27.1 Å². The molecule has 1 amide bonds. The molecule has 0 spiro atoms. The van der Waals surface area contributed by atoms with Gasteiger partial charge in [0, 0.05) is 19.6 Å². The summed E-state index contributed by atoms with van der Waals surface area (Å²) in [6, 6.07) is 0. The zero-order chi connectivity index (χ0) is 16.9. The monoisotopic (exact) mass is 351 g/mol. The van der Waals surface area contributed by atoms with Gasteiger partial charge < -0.3 is 15.0 Å². The Morgan fingerprint density at radius 1 is 1.42 bits per heavy atom. The van der Waals surface area contributed by atoms with Crippen molar-refractivity contribution in [2.45, 2.75) is 26.3 Å². The third kappa shape index (κ3) is 3.73. The van der Waals surface area contributed by atoms with Crippen LogP contribution in [0.2, 0.25) is 0 Å². The second kappa shape index (κ2) is 7.71. The average Bonchev–Trinajstić information content (AvgIpc) is 3.04. The number of ether oxygens (including phenoxy) is 1. The number of nitrogens with zero attached hydrogens (tertiary/aromatic N) is 4. The molecule has 3 heterocycles. The number of nitrogens with one attached hydrogen (secondary N) is 1. The van der Waals surface area contributed by atoms with Crippen molar-refractivity contribution in [1.29, 1.82) is 0 Å². The number of hydrogen-bond donors (Lipinski definition) is 1. The second-order valence-electron chi connectivity index (χ2n) is 5.63. The summed E-state index contributed by atoms with van der Waals surface area (Å²) >= 11 is 1.32. The zero-order valence-electron chi connectivity index (χ0n) is 13.7. The highest BCUT2D eigenvalue weighted by Gasteiger charge is 2.18. The third-order valence-electron chi connectivity index (χ3n) is 3.82. The van der Waals surface area contributed by atoms with Crippen LogP contribution in [0.1, 0.15) is 19.8 Å². The molecule has 0 atom stereocenters. The number of fused-ring (bicyclic) bond motifs is 1. The maximum Gasteiger partial charge on any atom is 0.273 e. The van der Waals surface area contributed by atoms with E-state index < -0.39 is 0 Å². The van der Waals surface area contributed by atoms with Crippen LogP contribution in [-0.2, 0) is 16.1 Å². The second-order valence-corrected chi connectivity index (χ2v) is 6.61. The van der Waals surface area contributed by atoms with E-state index in [4.69, 9.17) is 4.74 Å². The van der Waals surface area contributed by atoms with Gasteiger partial charge in [-0.25, -0.2) is 4.98 Å². The van der Waals surface area contributed by atoms with Crippen molar-refractivity contribution in [3.63, 3.8) is 0 Å². The van der Waals surface area contributed by atoms with Crippen molar-refractivity contribution in [3.8, 4) is 0 Å². The van der Waals surface area contributed by atoms with Crippen LogP contribution >= 0.6 is 11.3 Å². The van der Waals surface area contributed by atoms with Crippen LogP contribution in [0.3, 0.4) is 0 Å². The molecular weight excluding hydrogens is 330 g/mol. The summed E-state index contributed by atoms with van der Waals surface area (Å²) in [5.41, 5.74) is 0.219. The fourth-order valence-corrected chi connectivity index (χ4v) is 3.47. The van der Waals surface area contributed by atoms with E-state index in [0.29, 0.717) is 30.1 Å². The summed E-state index contributed by atoms with van der Waals surface area (Å²) in [6.45, 7) is 5.50. The van der Waals surface area contributed by atoms with E-state index in [1.54, 1.807) is 0 Å². The molecule has 1 fully saturated rings. The number of hydrogen-bond acceptors (Lipinski definition) is 7. The van der Waals surface area contributed by atoms with Gasteiger partial charge in [-0.05, 0) is 6.42 Å². The number of morpholine rings is 1. The molecule has 8 nitrogen and oxygen atoms in total. The molecule has 2 aromatic rings. The van der Waals surface area contributed by atoms with Crippen LogP contribution in [0, 0.1) is 0 Å². The van der Waals surface area contributed by atoms with Gasteiger partial charge in [-0.15, -0.1) is 0 Å². The van der Waals surface area contributed by atoms with E-state index in [9.17, 15) is 9.59 Å². The Morgan fingerprint density at radius 3 is 2.96 bits per heavy atom. The Kier molecular flexibility index (Phi) is 5.41. The highest BCUT2D eigenvalue weighted by molar-refractivity contribution is 7.22.